The summed E-state index contributed by atoms with van der Waals surface area (Å²) in [6, 6.07) is 0. The average Bonchev–Trinajstić information content (AvgIpc) is 2.39. The molecule has 0 aliphatic heterocycles. The highest BCUT2D eigenvalue weighted by Crippen LogP contribution is 2.37. The summed E-state index contributed by atoms with van der Waals surface area (Å²) in [4.78, 5) is 11.6. The van der Waals surface area contributed by atoms with Gasteiger partial charge in [-0.2, -0.15) is 0 Å². The van der Waals surface area contributed by atoms with E-state index in [-0.39, 0.29) is 11.0 Å². The lowest BCUT2D eigenvalue weighted by molar-refractivity contribution is -0.141. The van der Waals surface area contributed by atoms with Crippen molar-refractivity contribution in [3.05, 3.63) is 24.3 Å². The lowest BCUT2D eigenvalue weighted by atomic mass is 9.91. The molecule has 0 fully saturated rings. The van der Waals surface area contributed by atoms with Crippen LogP contribution in [-0.4, -0.2) is 26.0 Å². The normalized spacial score (nSPS) is 16.3. The van der Waals surface area contributed by atoms with E-state index in [2.05, 4.69) is 40.8 Å². The number of carbonyl (C=O) groups is 1. The van der Waals surface area contributed by atoms with Crippen molar-refractivity contribution in [3.63, 3.8) is 0 Å². The molecule has 0 aromatic carbocycles. The maximum absolute atomic E-state index is 11.6. The van der Waals surface area contributed by atoms with Gasteiger partial charge in [0, 0.05) is 12.5 Å². The van der Waals surface area contributed by atoms with Crippen LogP contribution < -0.4 is 0 Å². The lowest BCUT2D eigenvalue weighted by Gasteiger charge is -2.37. The fraction of sp³-hybridized carbons (Fsp3) is 0.722. The first-order valence-electron chi connectivity index (χ1n) is 8.26. The van der Waals surface area contributed by atoms with E-state index in [9.17, 15) is 9.90 Å². The topological polar surface area (TPSA) is 46.5 Å². The summed E-state index contributed by atoms with van der Waals surface area (Å²) in [6.45, 7) is 15.5. The molecule has 1 N–H and O–H groups in total. The Balaban J connectivity index is 5.16. The van der Waals surface area contributed by atoms with Gasteiger partial charge in [-0.25, -0.2) is 0 Å². The Labute approximate surface area is 137 Å². The van der Waals surface area contributed by atoms with Crippen LogP contribution in [0.4, 0.5) is 0 Å². The van der Waals surface area contributed by atoms with E-state index in [1.807, 2.05) is 31.2 Å². The fourth-order valence-corrected chi connectivity index (χ4v) is 2.84. The molecule has 0 spiro atoms. The average molecular weight is 327 g/mol. The number of rotatable bonds is 9. The first-order chi connectivity index (χ1) is 10.1. The Morgan fingerprint density at radius 2 is 1.64 bits per heavy atom. The number of allylic oxidation sites excluding steroid dienone is 2. The summed E-state index contributed by atoms with van der Waals surface area (Å²) >= 11 is 0. The summed E-state index contributed by atoms with van der Waals surface area (Å²) in [5, 5.41) is 9.66. The predicted molar refractivity (Wildman–Crippen MR) is 96.6 cm³/mol. The molecular formula is C18H34O3Si. The summed E-state index contributed by atoms with van der Waals surface area (Å²) in [7, 11) is -1.87. The van der Waals surface area contributed by atoms with Crippen LogP contribution >= 0.6 is 0 Å². The maximum Gasteiger partial charge on any atom is 0.311 e. The van der Waals surface area contributed by atoms with Crippen LogP contribution in [0.1, 0.15) is 47.5 Å². The first-order valence-corrected chi connectivity index (χ1v) is 11.2. The Bertz CT molecular complexity index is 392. The van der Waals surface area contributed by atoms with E-state index < -0.39 is 20.2 Å². The molecule has 2 atom stereocenters. The number of carboxylic acid groups (broad SMARTS) is 1. The van der Waals surface area contributed by atoms with Crippen molar-refractivity contribution >= 4 is 14.3 Å². The standard InChI is InChI=1S/C18H34O3Si/c1-8-10-12-15(16(17(19)20)13-11-9-2)14-21-22(6,7)18(3,4)5/h10-13,15-16H,8-9,14H2,1-7H3,(H,19,20)/b12-10+,13-11+/t15-,16-/m1/s1. The molecule has 0 aromatic heterocycles. The molecule has 0 radical (unpaired) electrons. The third kappa shape index (κ3) is 6.92. The van der Waals surface area contributed by atoms with Gasteiger partial charge in [-0.05, 0) is 31.0 Å². The quantitative estimate of drug-likeness (QED) is 0.464. The van der Waals surface area contributed by atoms with Gasteiger partial charge < -0.3 is 9.53 Å². The van der Waals surface area contributed by atoms with E-state index in [1.165, 1.54) is 0 Å². The number of hydrogen-bond donors (Lipinski definition) is 1. The van der Waals surface area contributed by atoms with Crippen molar-refractivity contribution in [2.45, 2.75) is 65.6 Å². The number of aliphatic carboxylic acids is 1. The number of hydrogen-bond acceptors (Lipinski definition) is 2. The van der Waals surface area contributed by atoms with Crippen LogP contribution in [0.2, 0.25) is 18.1 Å². The molecule has 4 heteroatoms. The van der Waals surface area contributed by atoms with E-state index in [0.717, 1.165) is 12.8 Å². The molecule has 0 aromatic rings. The molecule has 3 nitrogen and oxygen atoms in total. The van der Waals surface area contributed by atoms with Crippen LogP contribution in [0.25, 0.3) is 0 Å². The Hall–Kier alpha value is -0.873. The zero-order valence-electron chi connectivity index (χ0n) is 15.3. The van der Waals surface area contributed by atoms with Crippen molar-refractivity contribution in [2.75, 3.05) is 6.61 Å². The summed E-state index contributed by atoms with van der Waals surface area (Å²) in [5.74, 6) is -1.42. The zero-order valence-corrected chi connectivity index (χ0v) is 16.3. The van der Waals surface area contributed by atoms with Gasteiger partial charge in [-0.1, -0.05) is 58.9 Å². The molecule has 0 rings (SSSR count). The van der Waals surface area contributed by atoms with Crippen LogP contribution in [0.3, 0.4) is 0 Å². The Morgan fingerprint density at radius 1 is 1.14 bits per heavy atom. The highest BCUT2D eigenvalue weighted by atomic mass is 28.4. The second kappa shape index (κ2) is 9.31. The van der Waals surface area contributed by atoms with E-state index >= 15 is 0 Å². The van der Waals surface area contributed by atoms with Gasteiger partial charge in [-0.3, -0.25) is 4.79 Å². The highest BCUT2D eigenvalue weighted by molar-refractivity contribution is 6.74. The molecule has 0 aliphatic carbocycles. The lowest BCUT2D eigenvalue weighted by Crippen LogP contribution is -2.42. The van der Waals surface area contributed by atoms with Gasteiger partial charge in [0.2, 0.25) is 0 Å². The highest BCUT2D eigenvalue weighted by Gasteiger charge is 2.38. The molecule has 0 amide bonds. The molecule has 0 saturated heterocycles. The Kier molecular flexibility index (Phi) is 8.94. The van der Waals surface area contributed by atoms with E-state index in [4.69, 9.17) is 4.43 Å². The smallest absolute Gasteiger partial charge is 0.311 e. The molecule has 0 bridgehead atoms. The summed E-state index contributed by atoms with van der Waals surface area (Å²) < 4.78 is 6.25. The SMILES string of the molecule is CC/C=C/[C@H](CO[Si](C)(C)C(C)(C)C)[C@@H](/C=C/CC)C(=O)O. The summed E-state index contributed by atoms with van der Waals surface area (Å²) in [5.41, 5.74) is 0. The summed E-state index contributed by atoms with van der Waals surface area (Å²) in [6.07, 6.45) is 9.53. The molecule has 128 valence electrons. The zero-order chi connectivity index (χ0) is 17.4. The van der Waals surface area contributed by atoms with E-state index in [1.54, 1.807) is 0 Å². The molecule has 0 unspecified atom stereocenters. The van der Waals surface area contributed by atoms with Crippen LogP contribution in [-0.2, 0) is 9.22 Å². The minimum atomic E-state index is -1.87. The van der Waals surface area contributed by atoms with Crippen molar-refractivity contribution in [1.29, 1.82) is 0 Å². The van der Waals surface area contributed by atoms with Crippen LogP contribution in [0, 0.1) is 11.8 Å². The van der Waals surface area contributed by atoms with Gasteiger partial charge in [0.05, 0.1) is 5.92 Å². The molecule has 22 heavy (non-hydrogen) atoms. The Morgan fingerprint density at radius 3 is 2.05 bits per heavy atom. The van der Waals surface area contributed by atoms with Crippen molar-refractivity contribution in [2.24, 2.45) is 11.8 Å². The van der Waals surface area contributed by atoms with Gasteiger partial charge >= 0.3 is 5.97 Å². The molecule has 0 aliphatic rings. The van der Waals surface area contributed by atoms with Gasteiger partial charge in [0.25, 0.3) is 0 Å². The molecule has 0 saturated carbocycles. The molecular weight excluding hydrogens is 292 g/mol. The minimum Gasteiger partial charge on any atom is -0.481 e. The van der Waals surface area contributed by atoms with Crippen molar-refractivity contribution in [3.8, 4) is 0 Å². The van der Waals surface area contributed by atoms with E-state index in [0.29, 0.717) is 6.61 Å². The predicted octanol–water partition coefficient (Wildman–Crippen LogP) is 5.26. The monoisotopic (exact) mass is 326 g/mol. The third-order valence-electron chi connectivity index (χ3n) is 4.39. The second-order valence-electron chi connectivity index (χ2n) is 7.27. The van der Waals surface area contributed by atoms with Crippen LogP contribution in [0.15, 0.2) is 24.3 Å². The van der Waals surface area contributed by atoms with Crippen molar-refractivity contribution in [1.82, 2.24) is 0 Å². The van der Waals surface area contributed by atoms with Gasteiger partial charge in [0.1, 0.15) is 0 Å². The first kappa shape index (κ1) is 21.1. The third-order valence-corrected chi connectivity index (χ3v) is 8.89. The number of carboxylic acids is 1. The second-order valence-corrected chi connectivity index (χ2v) is 12.1. The van der Waals surface area contributed by atoms with Crippen molar-refractivity contribution < 1.29 is 14.3 Å². The van der Waals surface area contributed by atoms with Gasteiger partial charge in [-0.15, -0.1) is 0 Å². The maximum atomic E-state index is 11.6. The van der Waals surface area contributed by atoms with Gasteiger partial charge in [0.15, 0.2) is 8.32 Å². The largest absolute Gasteiger partial charge is 0.481 e. The minimum absolute atomic E-state index is 0.116. The molecule has 0 heterocycles. The fourth-order valence-electron chi connectivity index (χ4n) is 1.80. The van der Waals surface area contributed by atoms with Crippen LogP contribution in [0.5, 0.6) is 0 Å².